The second kappa shape index (κ2) is 6.66. The van der Waals surface area contributed by atoms with Crippen LogP contribution in [0.25, 0.3) is 0 Å². The molecule has 0 heterocycles. The molecular weight excluding hydrogens is 266 g/mol. The fraction of sp³-hybridized carbons (Fsp3) is 0.500. The van der Waals surface area contributed by atoms with Gasteiger partial charge in [0.1, 0.15) is 0 Å². The van der Waals surface area contributed by atoms with E-state index >= 15 is 0 Å². The molecule has 0 saturated carbocycles. The van der Waals surface area contributed by atoms with E-state index in [1.54, 1.807) is 18.2 Å². The number of carbonyl (C=O) groups excluding carboxylic acids is 1. The van der Waals surface area contributed by atoms with Crippen LogP contribution in [0.1, 0.15) is 37.0 Å². The van der Waals surface area contributed by atoms with Crippen LogP contribution in [0.4, 0.5) is 0 Å². The number of rotatable bonds is 6. The fourth-order valence-corrected chi connectivity index (χ4v) is 2.27. The molecule has 2 N–H and O–H groups in total. The smallest absolute Gasteiger partial charge is 0.255 e. The van der Waals surface area contributed by atoms with E-state index in [1.807, 2.05) is 13.8 Å². The van der Waals surface area contributed by atoms with Crippen molar-refractivity contribution in [1.82, 2.24) is 5.32 Å². The van der Waals surface area contributed by atoms with Crippen molar-refractivity contribution in [3.63, 3.8) is 0 Å². The normalized spacial score (nSPS) is 11.2. The molecule has 0 fully saturated rings. The summed E-state index contributed by atoms with van der Waals surface area (Å²) in [6.07, 6.45) is 1.45. The van der Waals surface area contributed by atoms with Gasteiger partial charge in [0.15, 0.2) is 11.5 Å². The Morgan fingerprint density at radius 3 is 2.53 bits per heavy atom. The number of nitrogens with one attached hydrogen (secondary N) is 1. The van der Waals surface area contributed by atoms with Gasteiger partial charge in [0, 0.05) is 5.88 Å². The number of para-hydroxylation sites is 1. The lowest BCUT2D eigenvalue weighted by Gasteiger charge is -2.30. The minimum absolute atomic E-state index is 0.154. The summed E-state index contributed by atoms with van der Waals surface area (Å²) in [5.74, 6) is 0.104. The topological polar surface area (TPSA) is 58.6 Å². The summed E-state index contributed by atoms with van der Waals surface area (Å²) in [6, 6.07) is 4.81. The molecule has 5 heteroatoms. The van der Waals surface area contributed by atoms with Crippen LogP contribution in [0.15, 0.2) is 18.2 Å². The van der Waals surface area contributed by atoms with Crippen molar-refractivity contribution in [3.8, 4) is 11.5 Å². The van der Waals surface area contributed by atoms with Crippen LogP contribution in [0, 0.1) is 0 Å². The molecule has 0 bridgehead atoms. The Bertz CT molecular complexity index is 436. The molecule has 0 aliphatic heterocycles. The summed E-state index contributed by atoms with van der Waals surface area (Å²) in [7, 11) is 1.44. The monoisotopic (exact) mass is 285 g/mol. The molecule has 4 nitrogen and oxygen atoms in total. The molecule has 0 aliphatic carbocycles. The van der Waals surface area contributed by atoms with E-state index in [4.69, 9.17) is 16.3 Å². The van der Waals surface area contributed by atoms with Crippen molar-refractivity contribution in [2.24, 2.45) is 0 Å². The summed E-state index contributed by atoms with van der Waals surface area (Å²) in [5, 5.41) is 12.9. The second-order valence-electron chi connectivity index (χ2n) is 4.43. The first-order valence-corrected chi connectivity index (χ1v) is 6.81. The number of phenols is 1. The molecule has 0 saturated heterocycles. The highest BCUT2D eigenvalue weighted by atomic mass is 35.5. The highest BCUT2D eigenvalue weighted by molar-refractivity contribution is 6.19. The molecule has 1 aromatic carbocycles. The van der Waals surface area contributed by atoms with Crippen LogP contribution in [-0.2, 0) is 0 Å². The van der Waals surface area contributed by atoms with E-state index in [1.165, 1.54) is 7.11 Å². The van der Waals surface area contributed by atoms with Gasteiger partial charge in [0.2, 0.25) is 0 Å². The van der Waals surface area contributed by atoms with E-state index in [0.29, 0.717) is 5.88 Å². The Labute approximate surface area is 118 Å². The van der Waals surface area contributed by atoms with Crippen molar-refractivity contribution < 1.29 is 14.6 Å². The fourth-order valence-electron chi connectivity index (χ4n) is 1.83. The zero-order chi connectivity index (χ0) is 14.5. The summed E-state index contributed by atoms with van der Waals surface area (Å²) in [6.45, 7) is 3.94. The van der Waals surface area contributed by atoms with Gasteiger partial charge in [-0.25, -0.2) is 0 Å². The average molecular weight is 286 g/mol. The van der Waals surface area contributed by atoms with E-state index < -0.39 is 5.54 Å². The van der Waals surface area contributed by atoms with Gasteiger partial charge >= 0.3 is 0 Å². The minimum atomic E-state index is -0.450. The molecule has 0 aromatic heterocycles. The SMILES string of the molecule is CCC(CC)(CCl)NC(=O)c1cccc(OC)c1O. The molecule has 106 valence electrons. The number of methoxy groups -OCH3 is 1. The van der Waals surface area contributed by atoms with Gasteiger partial charge in [0.05, 0.1) is 18.2 Å². The molecule has 19 heavy (non-hydrogen) atoms. The van der Waals surface area contributed by atoms with Gasteiger partial charge in [-0.1, -0.05) is 19.9 Å². The number of carbonyl (C=O) groups is 1. The summed E-state index contributed by atoms with van der Waals surface area (Å²) in [4.78, 5) is 12.2. The largest absolute Gasteiger partial charge is 0.504 e. The van der Waals surface area contributed by atoms with E-state index in [-0.39, 0.29) is 23.0 Å². The van der Waals surface area contributed by atoms with Gasteiger partial charge < -0.3 is 15.2 Å². The predicted molar refractivity (Wildman–Crippen MR) is 76.2 cm³/mol. The van der Waals surface area contributed by atoms with Crippen LogP contribution in [0.3, 0.4) is 0 Å². The van der Waals surface area contributed by atoms with Gasteiger partial charge in [0.25, 0.3) is 5.91 Å². The molecule has 0 radical (unpaired) electrons. The molecular formula is C14H20ClNO3. The highest BCUT2D eigenvalue weighted by Crippen LogP contribution is 2.30. The first-order chi connectivity index (χ1) is 9.03. The molecule has 0 atom stereocenters. The van der Waals surface area contributed by atoms with Crippen molar-refractivity contribution in [2.75, 3.05) is 13.0 Å². The molecule has 1 rings (SSSR count). The van der Waals surface area contributed by atoms with Crippen molar-refractivity contribution in [3.05, 3.63) is 23.8 Å². The maximum Gasteiger partial charge on any atom is 0.255 e. The molecule has 0 aliphatic rings. The highest BCUT2D eigenvalue weighted by Gasteiger charge is 2.28. The van der Waals surface area contributed by atoms with Crippen molar-refractivity contribution in [2.45, 2.75) is 32.2 Å². The first kappa shape index (κ1) is 15.6. The summed E-state index contributed by atoms with van der Waals surface area (Å²) < 4.78 is 4.99. The first-order valence-electron chi connectivity index (χ1n) is 6.28. The number of benzene rings is 1. The summed E-state index contributed by atoms with van der Waals surface area (Å²) >= 11 is 5.95. The quantitative estimate of drug-likeness (QED) is 0.790. The molecule has 0 spiro atoms. The van der Waals surface area contributed by atoms with Gasteiger partial charge in [-0.15, -0.1) is 11.6 Å². The van der Waals surface area contributed by atoms with Crippen molar-refractivity contribution in [1.29, 1.82) is 0 Å². The standard InChI is InChI=1S/C14H20ClNO3/c1-4-14(5-2,9-15)16-13(18)10-7-6-8-11(19-3)12(10)17/h6-8,17H,4-5,9H2,1-3H3,(H,16,18). The Morgan fingerprint density at radius 2 is 2.05 bits per heavy atom. The Morgan fingerprint density at radius 1 is 1.42 bits per heavy atom. The lowest BCUT2D eigenvalue weighted by atomic mass is 9.94. The van der Waals surface area contributed by atoms with Crippen LogP contribution in [-0.4, -0.2) is 29.5 Å². The van der Waals surface area contributed by atoms with Crippen molar-refractivity contribution >= 4 is 17.5 Å². The van der Waals surface area contributed by atoms with Crippen LogP contribution in [0.5, 0.6) is 11.5 Å². The second-order valence-corrected chi connectivity index (χ2v) is 4.70. The lowest BCUT2D eigenvalue weighted by Crippen LogP contribution is -2.49. The van der Waals surface area contributed by atoms with Crippen LogP contribution < -0.4 is 10.1 Å². The van der Waals surface area contributed by atoms with E-state index in [0.717, 1.165) is 12.8 Å². The summed E-state index contributed by atoms with van der Waals surface area (Å²) in [5.41, 5.74) is -0.260. The molecule has 0 unspecified atom stereocenters. The number of amides is 1. The Hall–Kier alpha value is -1.42. The third kappa shape index (κ3) is 3.32. The van der Waals surface area contributed by atoms with E-state index in [9.17, 15) is 9.90 Å². The molecule has 1 aromatic rings. The number of alkyl halides is 1. The van der Waals surface area contributed by atoms with Crippen LogP contribution >= 0.6 is 11.6 Å². The maximum atomic E-state index is 12.2. The predicted octanol–water partition coefficient (Wildman–Crippen LogP) is 2.93. The zero-order valence-electron chi connectivity index (χ0n) is 11.5. The average Bonchev–Trinajstić information content (AvgIpc) is 2.45. The minimum Gasteiger partial charge on any atom is -0.504 e. The van der Waals surface area contributed by atoms with Gasteiger partial charge in [-0.05, 0) is 25.0 Å². The number of ether oxygens (including phenoxy) is 1. The Kier molecular flexibility index (Phi) is 5.48. The number of halogens is 1. The zero-order valence-corrected chi connectivity index (χ0v) is 12.3. The lowest BCUT2D eigenvalue weighted by molar-refractivity contribution is 0.0899. The third-order valence-electron chi connectivity index (χ3n) is 3.45. The van der Waals surface area contributed by atoms with E-state index in [2.05, 4.69) is 5.32 Å². The number of aromatic hydroxyl groups is 1. The maximum absolute atomic E-state index is 12.2. The number of phenolic OH excluding ortho intramolecular Hbond substituents is 1. The third-order valence-corrected chi connectivity index (χ3v) is 3.96. The van der Waals surface area contributed by atoms with Crippen LogP contribution in [0.2, 0.25) is 0 Å². The Balaban J connectivity index is 3.01. The van der Waals surface area contributed by atoms with Gasteiger partial charge in [-0.3, -0.25) is 4.79 Å². The molecule has 1 amide bonds. The number of hydrogen-bond donors (Lipinski definition) is 2. The van der Waals surface area contributed by atoms with Gasteiger partial charge in [-0.2, -0.15) is 0 Å². The number of hydrogen-bond acceptors (Lipinski definition) is 3.